The molecule has 0 saturated carbocycles. The number of rotatable bonds is 7. The lowest BCUT2D eigenvalue weighted by molar-refractivity contribution is -0.127. The van der Waals surface area contributed by atoms with Gasteiger partial charge in [0, 0.05) is 25.2 Å². The molecule has 0 bridgehead atoms. The highest BCUT2D eigenvalue weighted by molar-refractivity contribution is 6.42. The van der Waals surface area contributed by atoms with Crippen LogP contribution in [0.3, 0.4) is 0 Å². The zero-order valence-corrected chi connectivity index (χ0v) is 15.4. The molecule has 0 radical (unpaired) electrons. The smallest absolute Gasteiger partial charge is 0.271 e. The summed E-state index contributed by atoms with van der Waals surface area (Å²) in [4.78, 5) is 16.4. The first-order chi connectivity index (χ1) is 10.8. The lowest BCUT2D eigenvalue weighted by atomic mass is 10.0. The second kappa shape index (κ2) is 9.18. The molecule has 1 aliphatic rings. The summed E-state index contributed by atoms with van der Waals surface area (Å²) in [6.45, 7) is 15.0. The largest absolute Gasteiger partial charge is 0.378 e. The lowest BCUT2D eigenvalue weighted by Gasteiger charge is -2.36. The van der Waals surface area contributed by atoms with Crippen LogP contribution >= 0.6 is 0 Å². The van der Waals surface area contributed by atoms with Crippen molar-refractivity contribution in [2.75, 3.05) is 39.4 Å². The molecule has 5 heteroatoms. The minimum Gasteiger partial charge on any atom is -0.378 e. The van der Waals surface area contributed by atoms with E-state index in [9.17, 15) is 4.79 Å². The zero-order chi connectivity index (χ0) is 17.5. The second-order valence-electron chi connectivity index (χ2n) is 7.25. The zero-order valence-electron chi connectivity index (χ0n) is 15.4. The van der Waals surface area contributed by atoms with Crippen LogP contribution in [0.15, 0.2) is 11.6 Å². The van der Waals surface area contributed by atoms with Crippen molar-refractivity contribution in [3.05, 3.63) is 11.6 Å². The molecule has 0 unspecified atom stereocenters. The summed E-state index contributed by atoms with van der Waals surface area (Å²) < 4.78 is 5.25. The van der Waals surface area contributed by atoms with E-state index in [-0.39, 0.29) is 17.2 Å². The highest BCUT2D eigenvalue weighted by Gasteiger charge is 2.22. The van der Waals surface area contributed by atoms with Gasteiger partial charge in [0.2, 0.25) is 0 Å². The van der Waals surface area contributed by atoms with E-state index in [4.69, 9.17) is 10.1 Å². The number of morpholine rings is 1. The van der Waals surface area contributed by atoms with Crippen molar-refractivity contribution in [1.29, 1.82) is 5.41 Å². The third-order valence-electron chi connectivity index (χ3n) is 4.09. The Morgan fingerprint density at radius 2 is 1.91 bits per heavy atom. The van der Waals surface area contributed by atoms with Crippen molar-refractivity contribution in [3.8, 4) is 0 Å². The van der Waals surface area contributed by atoms with Gasteiger partial charge in [0.15, 0.2) is 0 Å². The molecule has 23 heavy (non-hydrogen) atoms. The average molecular weight is 323 g/mol. The lowest BCUT2D eigenvalue weighted by Crippen LogP contribution is -2.44. The molecule has 0 atom stereocenters. The van der Waals surface area contributed by atoms with Crippen LogP contribution in [0, 0.1) is 5.41 Å². The van der Waals surface area contributed by atoms with E-state index in [2.05, 4.69) is 32.6 Å². The Morgan fingerprint density at radius 3 is 2.43 bits per heavy atom. The molecule has 1 fully saturated rings. The molecule has 1 aliphatic heterocycles. The number of hydrogen-bond donors (Lipinski definition) is 1. The van der Waals surface area contributed by atoms with Gasteiger partial charge in [0.1, 0.15) is 5.71 Å². The number of amides is 1. The van der Waals surface area contributed by atoms with Crippen molar-refractivity contribution < 1.29 is 9.53 Å². The monoisotopic (exact) mass is 323 g/mol. The van der Waals surface area contributed by atoms with E-state index in [0.717, 1.165) is 25.1 Å². The fourth-order valence-corrected chi connectivity index (χ4v) is 2.59. The van der Waals surface area contributed by atoms with Gasteiger partial charge >= 0.3 is 0 Å². The van der Waals surface area contributed by atoms with Gasteiger partial charge in [-0.2, -0.15) is 0 Å². The summed E-state index contributed by atoms with van der Waals surface area (Å²) in [7, 11) is 0. The summed E-state index contributed by atoms with van der Waals surface area (Å²) in [5.74, 6) is -0.191. The normalized spacial score (nSPS) is 16.8. The minimum atomic E-state index is -0.191. The average Bonchev–Trinajstić information content (AvgIpc) is 2.50. The van der Waals surface area contributed by atoms with Crippen molar-refractivity contribution >= 4 is 11.6 Å². The van der Waals surface area contributed by atoms with Crippen molar-refractivity contribution in [1.82, 2.24) is 9.80 Å². The van der Waals surface area contributed by atoms with Gasteiger partial charge in [-0.3, -0.25) is 15.1 Å². The molecule has 5 nitrogen and oxygen atoms in total. The van der Waals surface area contributed by atoms with Crippen molar-refractivity contribution in [2.45, 2.75) is 53.0 Å². The first kappa shape index (κ1) is 19.8. The van der Waals surface area contributed by atoms with E-state index in [1.54, 1.807) is 11.0 Å². The SMILES string of the molecule is CCCCN(C/C(C)=C/C(=N)C(=O)N1CCOCC1)C(C)(C)C. The van der Waals surface area contributed by atoms with Crippen LogP contribution in [0.5, 0.6) is 0 Å². The molecule has 0 aromatic heterocycles. The fourth-order valence-electron chi connectivity index (χ4n) is 2.59. The molecule has 1 rings (SSSR count). The fraction of sp³-hybridized carbons (Fsp3) is 0.778. The Morgan fingerprint density at radius 1 is 1.30 bits per heavy atom. The third-order valence-corrected chi connectivity index (χ3v) is 4.09. The van der Waals surface area contributed by atoms with E-state index in [0.29, 0.717) is 26.3 Å². The highest BCUT2D eigenvalue weighted by atomic mass is 16.5. The van der Waals surface area contributed by atoms with Gasteiger partial charge < -0.3 is 9.64 Å². The number of nitrogens with one attached hydrogen (secondary N) is 1. The molecule has 1 saturated heterocycles. The van der Waals surface area contributed by atoms with Gasteiger partial charge in [-0.1, -0.05) is 18.9 Å². The molecule has 1 heterocycles. The summed E-state index contributed by atoms with van der Waals surface area (Å²) in [5, 5.41) is 8.07. The van der Waals surface area contributed by atoms with E-state index >= 15 is 0 Å². The van der Waals surface area contributed by atoms with Crippen LogP contribution in [-0.2, 0) is 9.53 Å². The molecule has 1 amide bonds. The summed E-state index contributed by atoms with van der Waals surface area (Å²) in [6, 6.07) is 0. The summed E-state index contributed by atoms with van der Waals surface area (Å²) in [5.41, 5.74) is 1.22. The first-order valence-electron chi connectivity index (χ1n) is 8.63. The summed E-state index contributed by atoms with van der Waals surface area (Å²) >= 11 is 0. The Kier molecular flexibility index (Phi) is 7.92. The van der Waals surface area contributed by atoms with E-state index < -0.39 is 0 Å². The van der Waals surface area contributed by atoms with Crippen LogP contribution in [0.2, 0.25) is 0 Å². The number of nitrogens with zero attached hydrogens (tertiary/aromatic N) is 2. The van der Waals surface area contributed by atoms with E-state index in [1.165, 1.54) is 6.42 Å². The van der Waals surface area contributed by atoms with Crippen LogP contribution < -0.4 is 0 Å². The predicted molar refractivity (Wildman–Crippen MR) is 95.1 cm³/mol. The maximum atomic E-state index is 12.3. The topological polar surface area (TPSA) is 56.6 Å². The minimum absolute atomic E-state index is 0.0775. The van der Waals surface area contributed by atoms with Gasteiger partial charge in [-0.25, -0.2) is 0 Å². The molecule has 0 aromatic carbocycles. The molecular weight excluding hydrogens is 290 g/mol. The van der Waals surface area contributed by atoms with Gasteiger partial charge in [-0.05, 0) is 46.7 Å². The number of hydrogen-bond acceptors (Lipinski definition) is 4. The van der Waals surface area contributed by atoms with Crippen molar-refractivity contribution in [3.63, 3.8) is 0 Å². The Labute approximate surface area is 141 Å². The Bertz CT molecular complexity index is 432. The Balaban J connectivity index is 2.65. The molecule has 132 valence electrons. The predicted octanol–water partition coefficient (Wildman–Crippen LogP) is 2.71. The number of carbonyl (C=O) groups excluding carboxylic acids is 1. The van der Waals surface area contributed by atoms with Crippen LogP contribution in [0.1, 0.15) is 47.5 Å². The third kappa shape index (κ3) is 6.83. The maximum absolute atomic E-state index is 12.3. The van der Waals surface area contributed by atoms with Crippen LogP contribution in [-0.4, -0.2) is 66.4 Å². The summed E-state index contributed by atoms with van der Waals surface area (Å²) in [6.07, 6.45) is 4.05. The highest BCUT2D eigenvalue weighted by Crippen LogP contribution is 2.16. The number of unbranched alkanes of at least 4 members (excludes halogenated alkanes) is 1. The molecule has 0 spiro atoms. The molecule has 1 N–H and O–H groups in total. The van der Waals surface area contributed by atoms with Crippen LogP contribution in [0.25, 0.3) is 0 Å². The van der Waals surface area contributed by atoms with Gasteiger partial charge in [0.25, 0.3) is 5.91 Å². The Hall–Kier alpha value is -1.20. The van der Waals surface area contributed by atoms with Gasteiger partial charge in [-0.15, -0.1) is 0 Å². The maximum Gasteiger partial charge on any atom is 0.271 e. The first-order valence-corrected chi connectivity index (χ1v) is 8.63. The molecule has 0 aromatic rings. The molecular formula is C18H33N3O2. The van der Waals surface area contributed by atoms with E-state index in [1.807, 2.05) is 6.92 Å². The molecule has 0 aliphatic carbocycles. The standard InChI is InChI=1S/C18H33N3O2/c1-6-7-8-21(18(3,4)5)14-15(2)13-16(19)17(22)20-9-11-23-12-10-20/h13,19H,6-12,14H2,1-5H3/b15-13+,19-16?. The van der Waals surface area contributed by atoms with Crippen LogP contribution in [0.4, 0.5) is 0 Å². The number of ether oxygens (including phenoxy) is 1. The quantitative estimate of drug-likeness (QED) is 0.733. The van der Waals surface area contributed by atoms with Gasteiger partial charge in [0.05, 0.1) is 13.2 Å². The second-order valence-corrected chi connectivity index (χ2v) is 7.25. The van der Waals surface area contributed by atoms with Crippen molar-refractivity contribution in [2.24, 2.45) is 0 Å². The number of carbonyl (C=O) groups is 1.